The smallest absolute Gasteiger partial charge is 0.152 e. The summed E-state index contributed by atoms with van der Waals surface area (Å²) in [5.74, 6) is -0.435. The maximum Gasteiger partial charge on any atom is 0.152 e. The van der Waals surface area contributed by atoms with Crippen LogP contribution in [0, 0.1) is 12.7 Å². The van der Waals surface area contributed by atoms with Crippen molar-refractivity contribution in [3.8, 4) is 0 Å². The second kappa shape index (κ2) is 2.92. The number of nitrogens with zero attached hydrogens (tertiary/aromatic N) is 2. The number of hydrogen-bond acceptors (Lipinski definition) is 2. The number of aromatic nitrogens is 2. The molecule has 2 nitrogen and oxygen atoms in total. The molecule has 0 spiro atoms. The molecule has 4 heteroatoms. The third kappa shape index (κ3) is 1.47. The van der Waals surface area contributed by atoms with E-state index in [-0.39, 0.29) is 5.52 Å². The zero-order valence-electron chi connectivity index (χ0n) is 6.88. The van der Waals surface area contributed by atoms with E-state index in [1.54, 1.807) is 13.0 Å². The molecule has 0 N–H and O–H groups in total. The average molecular weight is 197 g/mol. The van der Waals surface area contributed by atoms with Gasteiger partial charge < -0.3 is 0 Å². The van der Waals surface area contributed by atoms with Crippen molar-refractivity contribution in [1.82, 2.24) is 9.97 Å². The summed E-state index contributed by atoms with van der Waals surface area (Å²) in [5, 5.41) is 0.338. The van der Waals surface area contributed by atoms with Gasteiger partial charge in [0.15, 0.2) is 5.82 Å². The van der Waals surface area contributed by atoms with Gasteiger partial charge in [0, 0.05) is 11.2 Å². The highest BCUT2D eigenvalue weighted by atomic mass is 35.5. The molecule has 0 fully saturated rings. The molecule has 13 heavy (non-hydrogen) atoms. The number of rotatable bonds is 0. The molecular formula is C9H6ClFN2. The van der Waals surface area contributed by atoms with Gasteiger partial charge in [0.05, 0.1) is 11.2 Å². The molecule has 0 aliphatic carbocycles. The first-order valence-corrected chi connectivity index (χ1v) is 4.13. The van der Waals surface area contributed by atoms with E-state index in [1.807, 2.05) is 0 Å². The van der Waals surface area contributed by atoms with Crippen molar-refractivity contribution in [2.75, 3.05) is 0 Å². The van der Waals surface area contributed by atoms with Crippen LogP contribution < -0.4 is 0 Å². The number of fused-ring (bicyclic) bond motifs is 1. The maximum atomic E-state index is 13.2. The normalized spacial score (nSPS) is 10.7. The predicted octanol–water partition coefficient (Wildman–Crippen LogP) is 2.73. The highest BCUT2D eigenvalue weighted by molar-refractivity contribution is 6.31. The molecule has 0 amide bonds. The standard InChI is InChI=1S/C9H6ClFN2/c1-5-4-12-9-7(11)2-6(10)3-8(9)13-5/h2-4H,1H3. The van der Waals surface area contributed by atoms with Crippen molar-refractivity contribution in [3.63, 3.8) is 0 Å². The lowest BCUT2D eigenvalue weighted by Crippen LogP contribution is -1.90. The Morgan fingerprint density at radius 1 is 1.38 bits per heavy atom. The van der Waals surface area contributed by atoms with Crippen molar-refractivity contribution < 1.29 is 4.39 Å². The van der Waals surface area contributed by atoms with E-state index < -0.39 is 5.82 Å². The first kappa shape index (κ1) is 8.38. The molecule has 0 saturated heterocycles. The van der Waals surface area contributed by atoms with Crippen molar-refractivity contribution in [2.24, 2.45) is 0 Å². The Labute approximate surface area is 79.4 Å². The van der Waals surface area contributed by atoms with Gasteiger partial charge in [-0.1, -0.05) is 11.6 Å². The molecule has 0 bridgehead atoms. The van der Waals surface area contributed by atoms with Gasteiger partial charge in [0.25, 0.3) is 0 Å². The fraction of sp³-hybridized carbons (Fsp3) is 0.111. The van der Waals surface area contributed by atoms with Crippen molar-refractivity contribution >= 4 is 22.6 Å². The van der Waals surface area contributed by atoms with Crippen LogP contribution in [0.2, 0.25) is 5.02 Å². The van der Waals surface area contributed by atoms with Crippen LogP contribution >= 0.6 is 11.6 Å². The highest BCUT2D eigenvalue weighted by Crippen LogP contribution is 2.19. The predicted molar refractivity (Wildman–Crippen MR) is 49.2 cm³/mol. The van der Waals surface area contributed by atoms with Crippen LogP contribution in [-0.2, 0) is 0 Å². The van der Waals surface area contributed by atoms with Crippen LogP contribution in [0.4, 0.5) is 4.39 Å². The van der Waals surface area contributed by atoms with Crippen molar-refractivity contribution in [3.05, 3.63) is 34.9 Å². The Morgan fingerprint density at radius 2 is 2.15 bits per heavy atom. The lowest BCUT2D eigenvalue weighted by atomic mass is 10.3. The number of aryl methyl sites for hydroxylation is 1. The zero-order chi connectivity index (χ0) is 9.42. The van der Waals surface area contributed by atoms with E-state index >= 15 is 0 Å². The third-order valence-electron chi connectivity index (χ3n) is 1.69. The van der Waals surface area contributed by atoms with Crippen LogP contribution in [0.3, 0.4) is 0 Å². The lowest BCUT2D eigenvalue weighted by molar-refractivity contribution is 0.636. The lowest BCUT2D eigenvalue weighted by Gasteiger charge is -1.99. The molecule has 1 aromatic carbocycles. The van der Waals surface area contributed by atoms with E-state index in [2.05, 4.69) is 9.97 Å². The number of hydrogen-bond donors (Lipinski definition) is 0. The summed E-state index contributed by atoms with van der Waals surface area (Å²) in [4.78, 5) is 8.04. The van der Waals surface area contributed by atoms with Gasteiger partial charge in [-0.2, -0.15) is 0 Å². The van der Waals surface area contributed by atoms with Gasteiger partial charge in [-0.05, 0) is 19.1 Å². The first-order chi connectivity index (χ1) is 6.16. The van der Waals surface area contributed by atoms with Crippen LogP contribution in [0.15, 0.2) is 18.3 Å². The Morgan fingerprint density at radius 3 is 2.92 bits per heavy atom. The van der Waals surface area contributed by atoms with Gasteiger partial charge >= 0.3 is 0 Å². The minimum absolute atomic E-state index is 0.259. The van der Waals surface area contributed by atoms with E-state index in [4.69, 9.17) is 11.6 Å². The van der Waals surface area contributed by atoms with Crippen LogP contribution in [-0.4, -0.2) is 9.97 Å². The topological polar surface area (TPSA) is 25.8 Å². The molecule has 0 aliphatic rings. The summed E-state index contributed by atoms with van der Waals surface area (Å²) in [6, 6.07) is 2.83. The van der Waals surface area contributed by atoms with Crippen LogP contribution in [0.1, 0.15) is 5.69 Å². The SMILES string of the molecule is Cc1cnc2c(F)cc(Cl)cc2n1. The maximum absolute atomic E-state index is 13.2. The molecule has 0 radical (unpaired) electrons. The summed E-state index contributed by atoms with van der Waals surface area (Å²) < 4.78 is 13.2. The summed E-state index contributed by atoms with van der Waals surface area (Å²) in [6.07, 6.45) is 1.53. The van der Waals surface area contributed by atoms with Gasteiger partial charge in [0.2, 0.25) is 0 Å². The summed E-state index contributed by atoms with van der Waals surface area (Å²) >= 11 is 5.67. The highest BCUT2D eigenvalue weighted by Gasteiger charge is 2.04. The first-order valence-electron chi connectivity index (χ1n) is 3.75. The fourth-order valence-corrected chi connectivity index (χ4v) is 1.34. The fourth-order valence-electron chi connectivity index (χ4n) is 1.14. The molecule has 2 rings (SSSR count). The van der Waals surface area contributed by atoms with E-state index in [1.165, 1.54) is 12.3 Å². The summed E-state index contributed by atoms with van der Waals surface area (Å²) in [7, 11) is 0. The molecule has 0 unspecified atom stereocenters. The molecule has 1 aromatic heterocycles. The minimum atomic E-state index is -0.435. The van der Waals surface area contributed by atoms with Gasteiger partial charge in [-0.3, -0.25) is 0 Å². The van der Waals surface area contributed by atoms with Gasteiger partial charge in [-0.25, -0.2) is 14.4 Å². The monoisotopic (exact) mass is 196 g/mol. The van der Waals surface area contributed by atoms with E-state index in [0.717, 1.165) is 5.69 Å². The second-order valence-electron chi connectivity index (χ2n) is 2.77. The molecule has 1 heterocycles. The second-order valence-corrected chi connectivity index (χ2v) is 3.20. The number of benzene rings is 1. The van der Waals surface area contributed by atoms with E-state index in [9.17, 15) is 4.39 Å². The quantitative estimate of drug-likeness (QED) is 0.648. The van der Waals surface area contributed by atoms with Crippen molar-refractivity contribution in [1.29, 1.82) is 0 Å². The largest absolute Gasteiger partial charge is 0.250 e. The minimum Gasteiger partial charge on any atom is -0.250 e. The summed E-state index contributed by atoms with van der Waals surface area (Å²) in [6.45, 7) is 1.80. The molecular weight excluding hydrogens is 191 g/mol. The van der Waals surface area contributed by atoms with Crippen LogP contribution in [0.25, 0.3) is 11.0 Å². The Kier molecular flexibility index (Phi) is 1.88. The van der Waals surface area contributed by atoms with Gasteiger partial charge in [0.1, 0.15) is 5.52 Å². The molecule has 0 aliphatic heterocycles. The molecule has 0 saturated carbocycles. The average Bonchev–Trinajstić information content (AvgIpc) is 2.02. The third-order valence-corrected chi connectivity index (χ3v) is 1.90. The summed E-state index contributed by atoms with van der Waals surface area (Å²) in [5.41, 5.74) is 1.49. The molecule has 66 valence electrons. The molecule has 2 aromatic rings. The Balaban J connectivity index is 2.86. The molecule has 0 atom stereocenters. The van der Waals surface area contributed by atoms with E-state index in [0.29, 0.717) is 10.5 Å². The zero-order valence-corrected chi connectivity index (χ0v) is 7.64. The van der Waals surface area contributed by atoms with Crippen LogP contribution in [0.5, 0.6) is 0 Å². The number of halogens is 2. The Bertz CT molecular complexity index is 465. The van der Waals surface area contributed by atoms with Crippen molar-refractivity contribution in [2.45, 2.75) is 6.92 Å². The Hall–Kier alpha value is -1.22. The van der Waals surface area contributed by atoms with Gasteiger partial charge in [-0.15, -0.1) is 0 Å².